The Kier molecular flexibility index (Phi) is 6.03. The molecule has 1 aromatic carbocycles. The normalized spacial score (nSPS) is 22.6. The van der Waals surface area contributed by atoms with E-state index in [-0.39, 0.29) is 0 Å². The van der Waals surface area contributed by atoms with Crippen molar-refractivity contribution in [3.05, 3.63) is 21.6 Å². The average molecular weight is 361 g/mol. The summed E-state index contributed by atoms with van der Waals surface area (Å²) in [6.07, 6.45) is 5.37. The lowest BCUT2D eigenvalue weighted by Crippen LogP contribution is -2.21. The lowest BCUT2D eigenvalue weighted by atomic mass is 9.82. The van der Waals surface area contributed by atoms with Crippen LogP contribution in [0.25, 0.3) is 0 Å². The van der Waals surface area contributed by atoms with Crippen molar-refractivity contribution in [1.29, 1.82) is 0 Å². The predicted octanol–water partition coefficient (Wildman–Crippen LogP) is 5.74. The van der Waals surface area contributed by atoms with Crippen molar-refractivity contribution in [2.45, 2.75) is 39.5 Å². The summed E-state index contributed by atoms with van der Waals surface area (Å²) in [4.78, 5) is 0. The van der Waals surface area contributed by atoms with E-state index in [9.17, 15) is 0 Å². The van der Waals surface area contributed by atoms with Crippen LogP contribution in [0.2, 0.25) is 5.02 Å². The van der Waals surface area contributed by atoms with Crippen molar-refractivity contribution in [3.63, 3.8) is 0 Å². The third-order valence-corrected chi connectivity index (χ3v) is 4.73. The molecule has 0 bridgehead atoms. The quantitative estimate of drug-likeness (QED) is 0.723. The van der Waals surface area contributed by atoms with Crippen molar-refractivity contribution in [3.8, 4) is 5.75 Å². The predicted molar refractivity (Wildman–Crippen MR) is 89.9 cm³/mol. The van der Waals surface area contributed by atoms with Gasteiger partial charge in [0.05, 0.1) is 16.8 Å². The van der Waals surface area contributed by atoms with E-state index in [4.69, 9.17) is 16.3 Å². The summed E-state index contributed by atoms with van der Waals surface area (Å²) >= 11 is 9.67. The standard InChI is InChI=1S/C16H23BrClNO/c1-3-20-16-14(17)8-13(18)9-15(16)19-10-12-6-4-5-11(2)7-12/h8-9,11-12,19H,3-7,10H2,1-2H3. The number of hydrogen-bond acceptors (Lipinski definition) is 2. The molecule has 2 unspecified atom stereocenters. The molecule has 0 aromatic heterocycles. The van der Waals surface area contributed by atoms with E-state index in [1.165, 1.54) is 25.7 Å². The molecule has 2 nitrogen and oxygen atoms in total. The molecule has 0 saturated heterocycles. The Hall–Kier alpha value is -0.410. The fourth-order valence-electron chi connectivity index (χ4n) is 2.98. The van der Waals surface area contributed by atoms with E-state index in [1.54, 1.807) is 0 Å². The van der Waals surface area contributed by atoms with Crippen molar-refractivity contribution >= 4 is 33.2 Å². The Morgan fingerprint density at radius 2 is 2.20 bits per heavy atom. The Morgan fingerprint density at radius 3 is 2.90 bits per heavy atom. The SMILES string of the molecule is CCOc1c(Br)cc(Cl)cc1NCC1CCCC(C)C1. The monoisotopic (exact) mass is 359 g/mol. The van der Waals surface area contributed by atoms with Crippen LogP contribution in [0.1, 0.15) is 39.5 Å². The number of ether oxygens (including phenoxy) is 1. The summed E-state index contributed by atoms with van der Waals surface area (Å²) in [6, 6.07) is 3.82. The number of hydrogen-bond donors (Lipinski definition) is 1. The van der Waals surface area contributed by atoms with Crippen LogP contribution in [0.5, 0.6) is 5.75 Å². The van der Waals surface area contributed by atoms with Gasteiger partial charge in [0.25, 0.3) is 0 Å². The van der Waals surface area contributed by atoms with Gasteiger partial charge in [-0.3, -0.25) is 0 Å². The van der Waals surface area contributed by atoms with Crippen LogP contribution in [-0.2, 0) is 0 Å². The molecule has 20 heavy (non-hydrogen) atoms. The second-order valence-electron chi connectivity index (χ2n) is 5.72. The molecule has 0 amide bonds. The molecule has 1 fully saturated rings. The summed E-state index contributed by atoms with van der Waals surface area (Å²) in [7, 11) is 0. The summed E-state index contributed by atoms with van der Waals surface area (Å²) in [5.74, 6) is 2.47. The number of benzene rings is 1. The molecule has 1 saturated carbocycles. The number of halogens is 2. The zero-order chi connectivity index (χ0) is 14.5. The molecule has 0 heterocycles. The minimum absolute atomic E-state index is 0.648. The van der Waals surface area contributed by atoms with Gasteiger partial charge in [-0.2, -0.15) is 0 Å². The second-order valence-corrected chi connectivity index (χ2v) is 7.01. The highest BCUT2D eigenvalue weighted by atomic mass is 79.9. The van der Waals surface area contributed by atoms with Gasteiger partial charge in [0.2, 0.25) is 0 Å². The Balaban J connectivity index is 2.04. The number of anilines is 1. The van der Waals surface area contributed by atoms with Crippen molar-refractivity contribution in [1.82, 2.24) is 0 Å². The van der Waals surface area contributed by atoms with Crippen LogP contribution >= 0.6 is 27.5 Å². The minimum Gasteiger partial charge on any atom is -0.491 e. The number of rotatable bonds is 5. The molecular weight excluding hydrogens is 338 g/mol. The van der Waals surface area contributed by atoms with Crippen LogP contribution in [0, 0.1) is 11.8 Å². The maximum absolute atomic E-state index is 6.14. The fraction of sp³-hybridized carbons (Fsp3) is 0.625. The zero-order valence-corrected chi connectivity index (χ0v) is 14.6. The molecular formula is C16H23BrClNO. The van der Waals surface area contributed by atoms with Gasteiger partial charge in [-0.1, -0.05) is 31.4 Å². The average Bonchev–Trinajstić information content (AvgIpc) is 2.40. The van der Waals surface area contributed by atoms with Gasteiger partial charge in [0, 0.05) is 11.6 Å². The first-order chi connectivity index (χ1) is 9.60. The van der Waals surface area contributed by atoms with Crippen LogP contribution in [0.3, 0.4) is 0 Å². The second kappa shape index (κ2) is 7.56. The van der Waals surface area contributed by atoms with Gasteiger partial charge >= 0.3 is 0 Å². The van der Waals surface area contributed by atoms with E-state index < -0.39 is 0 Å². The van der Waals surface area contributed by atoms with E-state index >= 15 is 0 Å². The molecule has 0 spiro atoms. The molecule has 1 N–H and O–H groups in total. The fourth-order valence-corrected chi connectivity index (χ4v) is 3.91. The Morgan fingerprint density at radius 1 is 1.40 bits per heavy atom. The molecule has 4 heteroatoms. The Bertz CT molecular complexity index is 452. The topological polar surface area (TPSA) is 21.3 Å². The van der Waals surface area contributed by atoms with Crippen LogP contribution in [0.15, 0.2) is 16.6 Å². The third-order valence-electron chi connectivity index (χ3n) is 3.92. The van der Waals surface area contributed by atoms with E-state index in [0.29, 0.717) is 6.61 Å². The molecule has 2 atom stereocenters. The highest BCUT2D eigenvalue weighted by Crippen LogP contribution is 2.37. The first kappa shape index (κ1) is 16.0. The summed E-state index contributed by atoms with van der Waals surface area (Å²) in [5, 5.41) is 4.25. The lowest BCUT2D eigenvalue weighted by molar-refractivity contribution is 0.293. The lowest BCUT2D eigenvalue weighted by Gasteiger charge is -2.27. The first-order valence-electron chi connectivity index (χ1n) is 7.45. The van der Waals surface area contributed by atoms with E-state index in [2.05, 4.69) is 28.2 Å². The molecule has 1 aliphatic rings. The molecule has 0 radical (unpaired) electrons. The van der Waals surface area contributed by atoms with Crippen molar-refractivity contribution in [2.24, 2.45) is 11.8 Å². The smallest absolute Gasteiger partial charge is 0.156 e. The molecule has 1 aliphatic carbocycles. The highest BCUT2D eigenvalue weighted by Gasteiger charge is 2.19. The largest absolute Gasteiger partial charge is 0.491 e. The summed E-state index contributed by atoms with van der Waals surface area (Å²) in [6.45, 7) is 5.99. The van der Waals surface area contributed by atoms with Crippen LogP contribution in [-0.4, -0.2) is 13.2 Å². The van der Waals surface area contributed by atoms with Crippen LogP contribution in [0.4, 0.5) is 5.69 Å². The minimum atomic E-state index is 0.648. The molecule has 0 aliphatic heterocycles. The summed E-state index contributed by atoms with van der Waals surface area (Å²) in [5.41, 5.74) is 0.990. The van der Waals surface area contributed by atoms with E-state index in [0.717, 1.165) is 39.3 Å². The molecule has 112 valence electrons. The van der Waals surface area contributed by atoms with Crippen molar-refractivity contribution in [2.75, 3.05) is 18.5 Å². The number of nitrogens with one attached hydrogen (secondary N) is 1. The van der Waals surface area contributed by atoms with Gasteiger partial charge < -0.3 is 10.1 Å². The molecule has 1 aromatic rings. The maximum Gasteiger partial charge on any atom is 0.156 e. The van der Waals surface area contributed by atoms with Gasteiger partial charge in [0.15, 0.2) is 5.75 Å². The summed E-state index contributed by atoms with van der Waals surface area (Å²) < 4.78 is 6.62. The van der Waals surface area contributed by atoms with Gasteiger partial charge in [-0.15, -0.1) is 0 Å². The Labute approximate surface area is 135 Å². The van der Waals surface area contributed by atoms with E-state index in [1.807, 2.05) is 19.1 Å². The maximum atomic E-state index is 6.14. The first-order valence-corrected chi connectivity index (χ1v) is 8.63. The van der Waals surface area contributed by atoms with Crippen molar-refractivity contribution < 1.29 is 4.74 Å². The van der Waals surface area contributed by atoms with Gasteiger partial charge in [-0.25, -0.2) is 0 Å². The molecule has 2 rings (SSSR count). The van der Waals surface area contributed by atoms with Gasteiger partial charge in [0.1, 0.15) is 0 Å². The van der Waals surface area contributed by atoms with Crippen LogP contribution < -0.4 is 10.1 Å². The van der Waals surface area contributed by atoms with Gasteiger partial charge in [-0.05, 0) is 59.7 Å². The third kappa shape index (κ3) is 4.29. The highest BCUT2D eigenvalue weighted by molar-refractivity contribution is 9.10. The zero-order valence-electron chi connectivity index (χ0n) is 12.2.